The number of thiazole rings is 1. The number of halogens is 1. The molecule has 33 heavy (non-hydrogen) atoms. The summed E-state index contributed by atoms with van der Waals surface area (Å²) in [6.45, 7) is 4.15. The second-order valence-electron chi connectivity index (χ2n) is 7.54. The Balaban J connectivity index is 0.00000306. The van der Waals surface area contributed by atoms with Gasteiger partial charge >= 0.3 is 0 Å². The molecule has 7 nitrogen and oxygen atoms in total. The maximum absolute atomic E-state index is 13.5. The molecular formula is C22H26ClN3O4S3. The van der Waals surface area contributed by atoms with Crippen LogP contribution in [-0.2, 0) is 14.6 Å². The van der Waals surface area contributed by atoms with E-state index in [1.54, 1.807) is 28.8 Å². The van der Waals surface area contributed by atoms with Crippen molar-refractivity contribution in [3.05, 3.63) is 48.0 Å². The zero-order valence-electron chi connectivity index (χ0n) is 18.4. The first-order chi connectivity index (χ1) is 15.3. The molecule has 1 aliphatic rings. The minimum absolute atomic E-state index is 0. The van der Waals surface area contributed by atoms with Gasteiger partial charge < -0.3 is 4.74 Å². The molecule has 0 unspecified atom stereocenters. The Kier molecular flexibility index (Phi) is 8.76. The molecule has 1 amide bonds. The first-order valence-corrected chi connectivity index (χ1v) is 14.1. The third kappa shape index (κ3) is 6.26. The van der Waals surface area contributed by atoms with E-state index in [0.717, 1.165) is 34.5 Å². The quantitative estimate of drug-likeness (QED) is 0.432. The average Bonchev–Trinajstić information content (AvgIpc) is 3.22. The van der Waals surface area contributed by atoms with Crippen molar-refractivity contribution >= 4 is 66.6 Å². The average molecular weight is 528 g/mol. The van der Waals surface area contributed by atoms with Crippen molar-refractivity contribution in [1.29, 1.82) is 0 Å². The van der Waals surface area contributed by atoms with Crippen molar-refractivity contribution < 1.29 is 17.9 Å². The van der Waals surface area contributed by atoms with E-state index in [-0.39, 0.29) is 23.2 Å². The van der Waals surface area contributed by atoms with Gasteiger partial charge in [0.25, 0.3) is 5.91 Å². The Morgan fingerprint density at radius 2 is 1.97 bits per heavy atom. The Morgan fingerprint density at radius 3 is 2.67 bits per heavy atom. The molecule has 1 saturated heterocycles. The molecule has 3 aromatic rings. The molecule has 1 fully saturated rings. The predicted octanol–water partition coefficient (Wildman–Crippen LogP) is 3.82. The normalized spacial score (nSPS) is 14.7. The van der Waals surface area contributed by atoms with Crippen LogP contribution in [0.5, 0.6) is 0 Å². The summed E-state index contributed by atoms with van der Waals surface area (Å²) in [6.07, 6.45) is 3.17. The number of thioether (sulfide) groups is 1. The fourth-order valence-corrected chi connectivity index (χ4v) is 5.71. The minimum atomic E-state index is -3.42. The lowest BCUT2D eigenvalue weighted by atomic mass is 10.2. The molecule has 11 heteroatoms. The minimum Gasteiger partial charge on any atom is -0.379 e. The Morgan fingerprint density at radius 1 is 1.21 bits per heavy atom. The Labute approximate surface area is 208 Å². The number of ether oxygens (including phenoxy) is 1. The van der Waals surface area contributed by atoms with Crippen molar-refractivity contribution in [1.82, 2.24) is 9.88 Å². The van der Waals surface area contributed by atoms with E-state index < -0.39 is 9.84 Å². The van der Waals surface area contributed by atoms with E-state index in [0.29, 0.717) is 37.0 Å². The molecule has 1 aliphatic heterocycles. The molecule has 0 saturated carbocycles. The summed E-state index contributed by atoms with van der Waals surface area (Å²) in [5, 5.41) is 0.612. The molecule has 0 spiro atoms. The maximum atomic E-state index is 13.5. The van der Waals surface area contributed by atoms with Gasteiger partial charge in [0.2, 0.25) is 0 Å². The zero-order valence-corrected chi connectivity index (χ0v) is 21.7. The number of rotatable bonds is 7. The fourth-order valence-electron chi connectivity index (χ4n) is 3.50. The summed E-state index contributed by atoms with van der Waals surface area (Å²) in [7, 11) is -3.42. The van der Waals surface area contributed by atoms with Crippen LogP contribution in [0, 0.1) is 0 Å². The molecule has 178 valence electrons. The number of morpholine rings is 1. The number of hydrogen-bond donors (Lipinski definition) is 0. The van der Waals surface area contributed by atoms with Gasteiger partial charge in [-0.2, -0.15) is 0 Å². The van der Waals surface area contributed by atoms with Gasteiger partial charge in [0, 0.05) is 42.9 Å². The summed E-state index contributed by atoms with van der Waals surface area (Å²) < 4.78 is 30.4. The summed E-state index contributed by atoms with van der Waals surface area (Å²) in [4.78, 5) is 23.5. The third-order valence-electron chi connectivity index (χ3n) is 5.31. The van der Waals surface area contributed by atoms with Crippen LogP contribution in [0.1, 0.15) is 10.4 Å². The summed E-state index contributed by atoms with van der Waals surface area (Å²) >= 11 is 3.13. The Bertz CT molecular complexity index is 1230. The van der Waals surface area contributed by atoms with E-state index in [4.69, 9.17) is 9.72 Å². The van der Waals surface area contributed by atoms with E-state index in [1.807, 2.05) is 18.4 Å². The topological polar surface area (TPSA) is 79.8 Å². The van der Waals surface area contributed by atoms with Crippen LogP contribution >= 0.6 is 35.5 Å². The number of aromatic nitrogens is 1. The predicted molar refractivity (Wildman–Crippen MR) is 137 cm³/mol. The summed E-state index contributed by atoms with van der Waals surface area (Å²) in [5.41, 5.74) is 1.18. The number of hydrogen-bond acceptors (Lipinski definition) is 8. The molecule has 0 atom stereocenters. The number of nitrogens with zero attached hydrogens (tertiary/aromatic N) is 3. The number of benzene rings is 2. The second kappa shape index (κ2) is 11.2. The SMILES string of the molecule is CSc1ccc2nc(N(CCN3CCOCC3)C(=O)c3cccc(S(C)(=O)=O)c3)sc2c1.Cl. The lowest BCUT2D eigenvalue weighted by Crippen LogP contribution is -2.43. The smallest absolute Gasteiger partial charge is 0.260 e. The standard InChI is InChI=1S/C22H25N3O4S3.ClH/c1-30-17-6-7-19-20(15-17)31-22(23-19)25(9-8-24-10-12-29-13-11-24)21(26)16-4-3-5-18(14-16)32(2,27)28;/h3-7,14-15H,8-13H2,1-2H3;1H. The van der Waals surface area contributed by atoms with Crippen LogP contribution in [-0.4, -0.2) is 76.1 Å². The number of sulfone groups is 1. The monoisotopic (exact) mass is 527 g/mol. The number of amides is 1. The van der Waals surface area contributed by atoms with Crippen molar-refractivity contribution in [2.45, 2.75) is 9.79 Å². The number of fused-ring (bicyclic) bond motifs is 1. The van der Waals surface area contributed by atoms with Crippen molar-refractivity contribution in [2.75, 3.05) is 56.8 Å². The van der Waals surface area contributed by atoms with Gasteiger partial charge in [-0.1, -0.05) is 17.4 Å². The lowest BCUT2D eigenvalue weighted by molar-refractivity contribution is 0.0391. The molecule has 4 rings (SSSR count). The summed E-state index contributed by atoms with van der Waals surface area (Å²) in [5.74, 6) is -0.257. The van der Waals surface area contributed by atoms with Crippen LogP contribution in [0.15, 0.2) is 52.3 Å². The highest BCUT2D eigenvalue weighted by Crippen LogP contribution is 2.32. The van der Waals surface area contributed by atoms with Crippen LogP contribution < -0.4 is 4.90 Å². The molecule has 0 bridgehead atoms. The molecule has 1 aromatic heterocycles. The van der Waals surface area contributed by atoms with Crippen LogP contribution in [0.3, 0.4) is 0 Å². The third-order valence-corrected chi connectivity index (χ3v) is 8.19. The van der Waals surface area contributed by atoms with Gasteiger partial charge in [0.1, 0.15) is 0 Å². The lowest BCUT2D eigenvalue weighted by Gasteiger charge is -2.29. The van der Waals surface area contributed by atoms with Crippen LogP contribution in [0.2, 0.25) is 0 Å². The highest BCUT2D eigenvalue weighted by molar-refractivity contribution is 7.98. The molecule has 2 aromatic carbocycles. The van der Waals surface area contributed by atoms with Gasteiger partial charge in [-0.25, -0.2) is 13.4 Å². The molecule has 0 aliphatic carbocycles. The fraction of sp³-hybridized carbons (Fsp3) is 0.364. The number of carbonyl (C=O) groups excluding carboxylic acids is 1. The van der Waals surface area contributed by atoms with E-state index in [9.17, 15) is 13.2 Å². The highest BCUT2D eigenvalue weighted by Gasteiger charge is 2.24. The first-order valence-electron chi connectivity index (χ1n) is 10.2. The zero-order chi connectivity index (χ0) is 22.7. The van der Waals surface area contributed by atoms with E-state index >= 15 is 0 Å². The highest BCUT2D eigenvalue weighted by atomic mass is 35.5. The van der Waals surface area contributed by atoms with Gasteiger partial charge in [-0.15, -0.1) is 24.2 Å². The van der Waals surface area contributed by atoms with Crippen LogP contribution in [0.4, 0.5) is 5.13 Å². The van der Waals surface area contributed by atoms with Gasteiger partial charge in [-0.05, 0) is 42.7 Å². The maximum Gasteiger partial charge on any atom is 0.260 e. The number of carbonyl (C=O) groups is 1. The van der Waals surface area contributed by atoms with Gasteiger partial charge in [0.05, 0.1) is 28.3 Å². The molecule has 2 heterocycles. The number of anilines is 1. The van der Waals surface area contributed by atoms with Crippen molar-refractivity contribution in [2.24, 2.45) is 0 Å². The molecule has 0 N–H and O–H groups in total. The first kappa shape index (κ1) is 25.9. The summed E-state index contributed by atoms with van der Waals surface area (Å²) in [6, 6.07) is 12.3. The largest absolute Gasteiger partial charge is 0.379 e. The van der Waals surface area contributed by atoms with Crippen molar-refractivity contribution in [3.63, 3.8) is 0 Å². The molecule has 0 radical (unpaired) electrons. The van der Waals surface area contributed by atoms with Crippen molar-refractivity contribution in [3.8, 4) is 0 Å². The van der Waals surface area contributed by atoms with Gasteiger partial charge in [-0.3, -0.25) is 14.6 Å². The van der Waals surface area contributed by atoms with Gasteiger partial charge in [0.15, 0.2) is 15.0 Å². The van der Waals surface area contributed by atoms with E-state index in [1.165, 1.54) is 23.5 Å². The van der Waals surface area contributed by atoms with E-state index in [2.05, 4.69) is 11.0 Å². The second-order valence-corrected chi connectivity index (χ2v) is 11.4. The molecular weight excluding hydrogens is 502 g/mol. The van der Waals surface area contributed by atoms with Crippen LogP contribution in [0.25, 0.3) is 10.2 Å². The Hall–Kier alpha value is -1.69.